The Morgan fingerprint density at radius 2 is 1.91 bits per heavy atom. The quantitative estimate of drug-likeness (QED) is 0.443. The molecule has 172 valence electrons. The fourth-order valence-electron chi connectivity index (χ4n) is 4.26. The van der Waals surface area contributed by atoms with Crippen LogP contribution in [-0.2, 0) is 11.2 Å². The normalized spacial score (nSPS) is 16.3. The van der Waals surface area contributed by atoms with E-state index < -0.39 is 0 Å². The van der Waals surface area contributed by atoms with Crippen molar-refractivity contribution in [3.8, 4) is 11.6 Å². The average Bonchev–Trinajstić information content (AvgIpc) is 3.11. The summed E-state index contributed by atoms with van der Waals surface area (Å²) < 4.78 is 11.8. The number of carbonyl (C=O) groups excluding carboxylic acids is 1. The van der Waals surface area contributed by atoms with Crippen LogP contribution in [0.2, 0.25) is 0 Å². The zero-order valence-electron chi connectivity index (χ0n) is 19.1. The van der Waals surface area contributed by atoms with Crippen molar-refractivity contribution >= 4 is 16.8 Å². The third-order valence-electron chi connectivity index (χ3n) is 5.95. The highest BCUT2D eigenvalue weighted by atomic mass is 16.5. The molecule has 0 bridgehead atoms. The minimum atomic E-state index is -0.116. The SMILES string of the molecule is Cc1ccc(Oc2ncccc2C(=O)N2CCOC[C@H](Cc3cccc4cccnc34)C2)cn1. The third-order valence-corrected chi connectivity index (χ3v) is 5.95. The van der Waals surface area contributed by atoms with Gasteiger partial charge in [0, 0.05) is 42.5 Å². The molecule has 1 aliphatic rings. The van der Waals surface area contributed by atoms with Crippen LogP contribution in [-0.4, -0.2) is 52.1 Å². The number of para-hydroxylation sites is 1. The van der Waals surface area contributed by atoms with Crippen molar-refractivity contribution in [2.75, 3.05) is 26.3 Å². The minimum absolute atomic E-state index is 0.116. The number of benzene rings is 1. The van der Waals surface area contributed by atoms with Gasteiger partial charge in [-0.05, 0) is 49.2 Å². The molecule has 1 atom stereocenters. The van der Waals surface area contributed by atoms with Gasteiger partial charge in [0.2, 0.25) is 5.88 Å². The molecule has 1 aromatic carbocycles. The number of aryl methyl sites for hydroxylation is 1. The summed E-state index contributed by atoms with van der Waals surface area (Å²) in [6.07, 6.45) is 5.85. The van der Waals surface area contributed by atoms with E-state index in [1.807, 2.05) is 36.2 Å². The molecule has 0 spiro atoms. The molecule has 0 radical (unpaired) electrons. The summed E-state index contributed by atoms with van der Waals surface area (Å²) in [5.41, 5.74) is 3.48. The Balaban J connectivity index is 1.35. The Bertz CT molecular complexity index is 1290. The van der Waals surface area contributed by atoms with Crippen LogP contribution in [0.1, 0.15) is 21.6 Å². The summed E-state index contributed by atoms with van der Waals surface area (Å²) in [7, 11) is 0. The van der Waals surface area contributed by atoms with Crippen molar-refractivity contribution in [1.29, 1.82) is 0 Å². The molecule has 1 aliphatic heterocycles. The number of nitrogens with zero attached hydrogens (tertiary/aromatic N) is 4. The summed E-state index contributed by atoms with van der Waals surface area (Å²) in [4.78, 5) is 28.5. The van der Waals surface area contributed by atoms with E-state index in [9.17, 15) is 4.79 Å². The van der Waals surface area contributed by atoms with E-state index in [2.05, 4.69) is 39.2 Å². The van der Waals surface area contributed by atoms with Crippen molar-refractivity contribution < 1.29 is 14.3 Å². The molecule has 0 aliphatic carbocycles. The molecule has 1 amide bonds. The molecule has 0 N–H and O–H groups in total. The summed E-state index contributed by atoms with van der Waals surface area (Å²) in [6, 6.07) is 17.4. The van der Waals surface area contributed by atoms with Crippen molar-refractivity contribution in [2.45, 2.75) is 13.3 Å². The summed E-state index contributed by atoms with van der Waals surface area (Å²) in [5, 5.41) is 1.12. The molecule has 7 nitrogen and oxygen atoms in total. The Hall–Kier alpha value is -3.84. The number of aromatic nitrogens is 3. The number of pyridine rings is 3. The third kappa shape index (κ3) is 4.89. The second-order valence-electron chi connectivity index (χ2n) is 8.48. The van der Waals surface area contributed by atoms with Crippen molar-refractivity contribution in [3.63, 3.8) is 0 Å². The molecule has 0 saturated carbocycles. The number of amides is 1. The Kier molecular flexibility index (Phi) is 6.44. The maximum atomic E-state index is 13.6. The van der Waals surface area contributed by atoms with Crippen LogP contribution in [0, 0.1) is 12.8 Å². The number of fused-ring (bicyclic) bond motifs is 1. The highest BCUT2D eigenvalue weighted by Crippen LogP contribution is 2.26. The Morgan fingerprint density at radius 3 is 2.79 bits per heavy atom. The second kappa shape index (κ2) is 9.97. The van der Waals surface area contributed by atoms with Crippen LogP contribution in [0.3, 0.4) is 0 Å². The fraction of sp³-hybridized carbons (Fsp3) is 0.259. The lowest BCUT2D eigenvalue weighted by atomic mass is 9.97. The predicted octanol–water partition coefficient (Wildman–Crippen LogP) is 4.46. The first-order valence-corrected chi connectivity index (χ1v) is 11.4. The summed E-state index contributed by atoms with van der Waals surface area (Å²) in [6.45, 7) is 4.10. The van der Waals surface area contributed by atoms with Gasteiger partial charge in [0.05, 0.1) is 24.9 Å². The largest absolute Gasteiger partial charge is 0.437 e. The highest BCUT2D eigenvalue weighted by molar-refractivity contribution is 5.96. The van der Waals surface area contributed by atoms with E-state index in [0.717, 1.165) is 23.0 Å². The van der Waals surface area contributed by atoms with Crippen LogP contribution >= 0.6 is 0 Å². The number of ether oxygens (including phenoxy) is 2. The van der Waals surface area contributed by atoms with Crippen LogP contribution in [0.4, 0.5) is 0 Å². The maximum absolute atomic E-state index is 13.6. The first kappa shape index (κ1) is 22.0. The predicted molar refractivity (Wildman–Crippen MR) is 129 cm³/mol. The number of carbonyl (C=O) groups is 1. The van der Waals surface area contributed by atoms with E-state index >= 15 is 0 Å². The van der Waals surface area contributed by atoms with Gasteiger partial charge in [-0.25, -0.2) is 4.98 Å². The molecule has 5 rings (SSSR count). The first-order chi connectivity index (χ1) is 16.7. The molecule has 4 aromatic rings. The van der Waals surface area contributed by atoms with Crippen LogP contribution in [0.15, 0.2) is 73.2 Å². The molecule has 1 saturated heterocycles. The molecule has 34 heavy (non-hydrogen) atoms. The molecule has 7 heteroatoms. The molecule has 4 heterocycles. The zero-order valence-corrected chi connectivity index (χ0v) is 19.1. The van der Waals surface area contributed by atoms with E-state index in [4.69, 9.17) is 9.47 Å². The summed E-state index contributed by atoms with van der Waals surface area (Å²) >= 11 is 0. The van der Waals surface area contributed by atoms with Gasteiger partial charge < -0.3 is 14.4 Å². The zero-order chi connectivity index (χ0) is 23.3. The van der Waals surface area contributed by atoms with Crippen LogP contribution in [0.25, 0.3) is 10.9 Å². The standard InChI is InChI=1S/C27H26N4O3/c1-19-9-10-23(16-30-19)34-26-24(8-4-12-29-26)27(32)31-13-14-33-18-20(17-31)15-22-6-2-5-21-7-3-11-28-25(21)22/h2-12,16,20H,13-15,17-18H2,1H3/t20-/m1/s1. The van der Waals surface area contributed by atoms with Gasteiger partial charge in [0.1, 0.15) is 11.3 Å². The molecular formula is C27H26N4O3. The monoisotopic (exact) mass is 454 g/mol. The lowest BCUT2D eigenvalue weighted by Gasteiger charge is -2.24. The molecule has 0 unspecified atom stereocenters. The molecular weight excluding hydrogens is 428 g/mol. The highest BCUT2D eigenvalue weighted by Gasteiger charge is 2.26. The maximum Gasteiger partial charge on any atom is 0.259 e. The Labute approximate surface area is 198 Å². The molecule has 1 fully saturated rings. The van der Waals surface area contributed by atoms with E-state index in [-0.39, 0.29) is 17.7 Å². The van der Waals surface area contributed by atoms with E-state index in [1.165, 1.54) is 5.56 Å². The lowest BCUT2D eigenvalue weighted by Crippen LogP contribution is -2.36. The Morgan fingerprint density at radius 1 is 1.06 bits per heavy atom. The van der Waals surface area contributed by atoms with Gasteiger partial charge in [-0.1, -0.05) is 24.3 Å². The number of rotatable bonds is 5. The lowest BCUT2D eigenvalue weighted by molar-refractivity contribution is 0.0734. The van der Waals surface area contributed by atoms with Gasteiger partial charge in [-0.15, -0.1) is 0 Å². The number of hydrogen-bond acceptors (Lipinski definition) is 6. The van der Waals surface area contributed by atoms with Gasteiger partial charge in [0.15, 0.2) is 0 Å². The first-order valence-electron chi connectivity index (χ1n) is 11.4. The van der Waals surface area contributed by atoms with Gasteiger partial charge in [-0.3, -0.25) is 14.8 Å². The van der Waals surface area contributed by atoms with Gasteiger partial charge in [0.25, 0.3) is 5.91 Å². The summed E-state index contributed by atoms with van der Waals surface area (Å²) in [5.74, 6) is 0.855. The van der Waals surface area contributed by atoms with Gasteiger partial charge in [-0.2, -0.15) is 0 Å². The fourth-order valence-corrected chi connectivity index (χ4v) is 4.26. The second-order valence-corrected chi connectivity index (χ2v) is 8.48. The van der Waals surface area contributed by atoms with Crippen molar-refractivity contribution in [1.82, 2.24) is 19.9 Å². The number of hydrogen-bond donors (Lipinski definition) is 0. The smallest absolute Gasteiger partial charge is 0.259 e. The van der Waals surface area contributed by atoms with Gasteiger partial charge >= 0.3 is 0 Å². The molecule has 3 aromatic heterocycles. The average molecular weight is 455 g/mol. The van der Waals surface area contributed by atoms with Crippen molar-refractivity contribution in [3.05, 3.63) is 90.0 Å². The van der Waals surface area contributed by atoms with E-state index in [0.29, 0.717) is 37.6 Å². The van der Waals surface area contributed by atoms with E-state index in [1.54, 1.807) is 24.5 Å². The van der Waals surface area contributed by atoms with Crippen LogP contribution < -0.4 is 4.74 Å². The minimum Gasteiger partial charge on any atom is -0.437 e. The topological polar surface area (TPSA) is 77.4 Å². The van der Waals surface area contributed by atoms with Crippen molar-refractivity contribution in [2.24, 2.45) is 5.92 Å². The van der Waals surface area contributed by atoms with Crippen LogP contribution in [0.5, 0.6) is 11.6 Å².